The summed E-state index contributed by atoms with van der Waals surface area (Å²) in [7, 11) is 0. The molecule has 0 saturated heterocycles. The van der Waals surface area contributed by atoms with Crippen LogP contribution >= 0.6 is 0 Å². The molecule has 2 heteroatoms. The number of halogens is 1. The van der Waals surface area contributed by atoms with Gasteiger partial charge in [0.15, 0.2) is 0 Å². The Morgan fingerprint density at radius 3 is 2.50 bits per heavy atom. The number of benzene rings is 1. The van der Waals surface area contributed by atoms with Crippen LogP contribution in [0.2, 0.25) is 0 Å². The van der Waals surface area contributed by atoms with Crippen LogP contribution in [-0.2, 0) is 0 Å². The van der Waals surface area contributed by atoms with Gasteiger partial charge in [0, 0.05) is 12.1 Å². The Morgan fingerprint density at radius 1 is 1.28 bits per heavy atom. The summed E-state index contributed by atoms with van der Waals surface area (Å²) in [5, 5.41) is 3.73. The highest BCUT2D eigenvalue weighted by Gasteiger charge is 2.32. The molecule has 1 nitrogen and oxygen atoms in total. The standard InChI is InChI=1S/C16H24FN/c1-3-4-5-12(2)18-16(13-6-7-13)14-8-10-15(17)11-9-14/h8-13,16,18H,3-7H2,1-2H3. The van der Waals surface area contributed by atoms with E-state index in [1.165, 1.54) is 37.7 Å². The molecule has 1 saturated carbocycles. The lowest BCUT2D eigenvalue weighted by molar-refractivity contribution is 0.396. The topological polar surface area (TPSA) is 12.0 Å². The van der Waals surface area contributed by atoms with Crippen LogP contribution in [0, 0.1) is 11.7 Å². The van der Waals surface area contributed by atoms with E-state index in [1.54, 1.807) is 12.1 Å². The largest absolute Gasteiger partial charge is 0.307 e. The Kier molecular flexibility index (Phi) is 4.76. The van der Waals surface area contributed by atoms with Gasteiger partial charge < -0.3 is 5.32 Å². The quantitative estimate of drug-likeness (QED) is 0.753. The summed E-state index contributed by atoms with van der Waals surface area (Å²) in [6.07, 6.45) is 6.34. The molecule has 0 aromatic heterocycles. The van der Waals surface area contributed by atoms with Gasteiger partial charge in [0.05, 0.1) is 0 Å². The molecule has 1 fully saturated rings. The third kappa shape index (κ3) is 3.81. The Bertz CT molecular complexity index is 356. The van der Waals surface area contributed by atoms with Crippen molar-refractivity contribution >= 4 is 0 Å². The van der Waals surface area contributed by atoms with Gasteiger partial charge in [-0.05, 0) is 49.8 Å². The molecule has 0 bridgehead atoms. The first-order valence-electron chi connectivity index (χ1n) is 7.22. The first-order chi connectivity index (χ1) is 8.70. The molecular weight excluding hydrogens is 225 g/mol. The summed E-state index contributed by atoms with van der Waals surface area (Å²) < 4.78 is 13.0. The molecule has 2 rings (SSSR count). The lowest BCUT2D eigenvalue weighted by Gasteiger charge is -2.23. The van der Waals surface area contributed by atoms with Gasteiger partial charge in [0.25, 0.3) is 0 Å². The Hall–Kier alpha value is -0.890. The normalized spacial score (nSPS) is 18.6. The Labute approximate surface area is 110 Å². The van der Waals surface area contributed by atoms with Crippen LogP contribution in [-0.4, -0.2) is 6.04 Å². The van der Waals surface area contributed by atoms with Crippen LogP contribution < -0.4 is 5.32 Å². The van der Waals surface area contributed by atoms with Crippen LogP contribution in [0.15, 0.2) is 24.3 Å². The van der Waals surface area contributed by atoms with Crippen molar-refractivity contribution in [3.8, 4) is 0 Å². The van der Waals surface area contributed by atoms with Gasteiger partial charge in [-0.2, -0.15) is 0 Å². The molecular formula is C16H24FN. The van der Waals surface area contributed by atoms with E-state index in [9.17, 15) is 4.39 Å². The first-order valence-corrected chi connectivity index (χ1v) is 7.22. The van der Waals surface area contributed by atoms with Crippen molar-refractivity contribution in [2.24, 2.45) is 5.92 Å². The predicted molar refractivity (Wildman–Crippen MR) is 74.0 cm³/mol. The molecule has 1 N–H and O–H groups in total. The molecule has 0 heterocycles. The van der Waals surface area contributed by atoms with Crippen LogP contribution in [0.25, 0.3) is 0 Å². The highest BCUT2D eigenvalue weighted by atomic mass is 19.1. The number of rotatable bonds is 7. The lowest BCUT2D eigenvalue weighted by Crippen LogP contribution is -2.31. The molecule has 0 radical (unpaired) electrons. The molecule has 2 atom stereocenters. The van der Waals surface area contributed by atoms with Crippen LogP contribution in [0.1, 0.15) is 57.6 Å². The first kappa shape index (κ1) is 13.5. The van der Waals surface area contributed by atoms with E-state index < -0.39 is 0 Å². The molecule has 1 aliphatic carbocycles. The van der Waals surface area contributed by atoms with E-state index in [1.807, 2.05) is 12.1 Å². The summed E-state index contributed by atoms with van der Waals surface area (Å²) in [5.41, 5.74) is 1.24. The maximum Gasteiger partial charge on any atom is 0.123 e. The molecule has 100 valence electrons. The van der Waals surface area contributed by atoms with Crippen molar-refractivity contribution < 1.29 is 4.39 Å². The average Bonchev–Trinajstić information content (AvgIpc) is 3.19. The minimum absolute atomic E-state index is 0.146. The van der Waals surface area contributed by atoms with E-state index in [0.717, 1.165) is 5.92 Å². The lowest BCUT2D eigenvalue weighted by atomic mass is 10.0. The zero-order valence-corrected chi connectivity index (χ0v) is 11.5. The zero-order chi connectivity index (χ0) is 13.0. The highest BCUT2D eigenvalue weighted by molar-refractivity contribution is 5.22. The molecule has 18 heavy (non-hydrogen) atoms. The second kappa shape index (κ2) is 6.33. The molecule has 0 amide bonds. The minimum Gasteiger partial charge on any atom is -0.307 e. The van der Waals surface area contributed by atoms with Gasteiger partial charge in [-0.1, -0.05) is 31.9 Å². The van der Waals surface area contributed by atoms with Crippen molar-refractivity contribution in [2.45, 2.75) is 58.0 Å². The molecule has 1 aliphatic rings. The Balaban J connectivity index is 1.97. The molecule has 1 aromatic carbocycles. The van der Waals surface area contributed by atoms with Crippen molar-refractivity contribution in [3.63, 3.8) is 0 Å². The van der Waals surface area contributed by atoms with Crippen LogP contribution in [0.4, 0.5) is 4.39 Å². The summed E-state index contributed by atoms with van der Waals surface area (Å²) in [6, 6.07) is 7.96. The van der Waals surface area contributed by atoms with Crippen LogP contribution in [0.3, 0.4) is 0 Å². The van der Waals surface area contributed by atoms with Gasteiger partial charge in [-0.25, -0.2) is 4.39 Å². The SMILES string of the molecule is CCCCC(C)NC(c1ccc(F)cc1)C1CC1. The monoisotopic (exact) mass is 249 g/mol. The third-order valence-corrected chi connectivity index (χ3v) is 3.78. The zero-order valence-electron chi connectivity index (χ0n) is 11.5. The summed E-state index contributed by atoms with van der Waals surface area (Å²) in [4.78, 5) is 0. The minimum atomic E-state index is -0.146. The summed E-state index contributed by atoms with van der Waals surface area (Å²) in [5.74, 6) is 0.604. The number of nitrogens with one attached hydrogen (secondary N) is 1. The second-order valence-electron chi connectivity index (χ2n) is 5.58. The van der Waals surface area contributed by atoms with Crippen LogP contribution in [0.5, 0.6) is 0 Å². The van der Waals surface area contributed by atoms with E-state index in [0.29, 0.717) is 12.1 Å². The molecule has 0 spiro atoms. The maximum absolute atomic E-state index is 13.0. The maximum atomic E-state index is 13.0. The van der Waals surface area contributed by atoms with E-state index in [-0.39, 0.29) is 5.82 Å². The predicted octanol–water partition coefficient (Wildman–Crippen LogP) is 4.45. The average molecular weight is 249 g/mol. The van der Waals surface area contributed by atoms with Gasteiger partial charge in [-0.15, -0.1) is 0 Å². The molecule has 1 aromatic rings. The summed E-state index contributed by atoms with van der Waals surface area (Å²) in [6.45, 7) is 4.49. The van der Waals surface area contributed by atoms with Crippen molar-refractivity contribution in [1.29, 1.82) is 0 Å². The number of hydrogen-bond acceptors (Lipinski definition) is 1. The fourth-order valence-electron chi connectivity index (χ4n) is 2.50. The third-order valence-electron chi connectivity index (χ3n) is 3.78. The van der Waals surface area contributed by atoms with Gasteiger partial charge in [-0.3, -0.25) is 0 Å². The van der Waals surface area contributed by atoms with E-state index in [2.05, 4.69) is 19.2 Å². The number of hydrogen-bond donors (Lipinski definition) is 1. The second-order valence-corrected chi connectivity index (χ2v) is 5.58. The van der Waals surface area contributed by atoms with Crippen molar-refractivity contribution in [1.82, 2.24) is 5.32 Å². The number of unbranched alkanes of at least 4 members (excludes halogenated alkanes) is 1. The highest BCUT2D eigenvalue weighted by Crippen LogP contribution is 2.41. The van der Waals surface area contributed by atoms with E-state index in [4.69, 9.17) is 0 Å². The smallest absolute Gasteiger partial charge is 0.123 e. The van der Waals surface area contributed by atoms with Gasteiger partial charge in [0.2, 0.25) is 0 Å². The van der Waals surface area contributed by atoms with Gasteiger partial charge in [0.1, 0.15) is 5.82 Å². The Morgan fingerprint density at radius 2 is 1.94 bits per heavy atom. The van der Waals surface area contributed by atoms with E-state index >= 15 is 0 Å². The fourth-order valence-corrected chi connectivity index (χ4v) is 2.50. The fraction of sp³-hybridized carbons (Fsp3) is 0.625. The van der Waals surface area contributed by atoms with Gasteiger partial charge >= 0.3 is 0 Å². The van der Waals surface area contributed by atoms with Crippen molar-refractivity contribution in [2.75, 3.05) is 0 Å². The summed E-state index contributed by atoms with van der Waals surface area (Å²) >= 11 is 0. The molecule has 0 aliphatic heterocycles. The van der Waals surface area contributed by atoms with Crippen molar-refractivity contribution in [3.05, 3.63) is 35.6 Å². The molecule has 2 unspecified atom stereocenters.